The molecule has 4 unspecified atom stereocenters. The van der Waals surface area contributed by atoms with Crippen LogP contribution in [0.1, 0.15) is 160 Å². The van der Waals surface area contributed by atoms with Crippen molar-refractivity contribution in [1.82, 2.24) is 15.0 Å². The zero-order chi connectivity index (χ0) is 46.3. The molecule has 6 rings (SSSR count). The van der Waals surface area contributed by atoms with Crippen LogP contribution in [0.4, 0.5) is 0 Å². The fourth-order valence-corrected chi connectivity index (χ4v) is 9.43. The third-order valence-electron chi connectivity index (χ3n) is 14.0. The molecule has 7 heteroatoms. The van der Waals surface area contributed by atoms with Gasteiger partial charge in [0.25, 0.3) is 0 Å². The molecule has 0 saturated carbocycles. The number of unbranched alkanes of at least 4 members (excludes halogenated alkanes) is 3. The molecule has 0 spiro atoms. The first-order chi connectivity index (χ1) is 31.6. The minimum absolute atomic E-state index is 0.0734. The van der Waals surface area contributed by atoms with Gasteiger partial charge in [0.1, 0.15) is 23.0 Å². The highest BCUT2D eigenvalue weighted by Gasteiger charge is 2.27. The van der Waals surface area contributed by atoms with Gasteiger partial charge in [0.15, 0.2) is 17.5 Å². The third-order valence-corrected chi connectivity index (χ3v) is 14.0. The second-order valence-electron chi connectivity index (χ2n) is 18.7. The number of ether oxygens (including phenoxy) is 2. The van der Waals surface area contributed by atoms with Crippen molar-refractivity contribution >= 4 is 5.57 Å². The van der Waals surface area contributed by atoms with E-state index in [0.717, 1.165) is 73.6 Å². The van der Waals surface area contributed by atoms with Crippen LogP contribution in [-0.4, -0.2) is 38.4 Å². The van der Waals surface area contributed by atoms with E-state index in [1.165, 1.54) is 50.5 Å². The Hall–Kier alpha value is -5.17. The highest BCUT2D eigenvalue weighted by molar-refractivity contribution is 5.84. The molecule has 4 atom stereocenters. The minimum Gasteiger partial charge on any atom is -0.507 e. The van der Waals surface area contributed by atoms with Crippen molar-refractivity contribution in [3.8, 4) is 56.9 Å². The number of allylic oxidation sites excluding steroid dienone is 1. The van der Waals surface area contributed by atoms with Crippen molar-refractivity contribution in [2.75, 3.05) is 13.2 Å². The topological polar surface area (TPSA) is 97.6 Å². The van der Waals surface area contributed by atoms with Gasteiger partial charge >= 0.3 is 0 Å². The van der Waals surface area contributed by atoms with Gasteiger partial charge in [-0.05, 0) is 122 Å². The summed E-state index contributed by atoms with van der Waals surface area (Å²) in [5.74, 6) is 4.69. The van der Waals surface area contributed by atoms with Crippen LogP contribution in [0.5, 0.6) is 23.0 Å². The maximum Gasteiger partial charge on any atom is 0.167 e. The first-order valence-electron chi connectivity index (χ1n) is 25.2. The van der Waals surface area contributed by atoms with Crippen LogP contribution in [0.15, 0.2) is 78.9 Å². The Labute approximate surface area is 391 Å². The Balaban J connectivity index is 1.48. The number of nitrogens with zero attached hydrogens (tertiary/aromatic N) is 3. The van der Waals surface area contributed by atoms with Crippen LogP contribution >= 0.6 is 0 Å². The van der Waals surface area contributed by atoms with Crippen molar-refractivity contribution in [1.29, 1.82) is 0 Å². The number of fused-ring (bicyclic) bond motifs is 1. The van der Waals surface area contributed by atoms with E-state index in [-0.39, 0.29) is 11.5 Å². The summed E-state index contributed by atoms with van der Waals surface area (Å²) in [7, 11) is 0. The molecule has 1 heterocycles. The molecule has 0 aliphatic heterocycles. The van der Waals surface area contributed by atoms with Gasteiger partial charge in [0, 0.05) is 16.7 Å². The summed E-state index contributed by atoms with van der Waals surface area (Å²) in [5.41, 5.74) is 7.86. The Morgan fingerprint density at radius 2 is 1.08 bits per heavy atom. The number of benzene rings is 4. The molecular weight excluding hydrogens is 803 g/mol. The van der Waals surface area contributed by atoms with Crippen molar-refractivity contribution in [3.05, 3.63) is 107 Å². The zero-order valence-electron chi connectivity index (χ0n) is 40.9. The predicted molar refractivity (Wildman–Crippen MR) is 270 cm³/mol. The molecule has 7 nitrogen and oxygen atoms in total. The highest BCUT2D eigenvalue weighted by atomic mass is 16.5. The van der Waals surface area contributed by atoms with Crippen LogP contribution in [-0.2, 0) is 6.42 Å². The van der Waals surface area contributed by atoms with E-state index < -0.39 is 0 Å². The summed E-state index contributed by atoms with van der Waals surface area (Å²) in [4.78, 5) is 15.6. The zero-order valence-corrected chi connectivity index (χ0v) is 40.9. The average molecular weight is 880 g/mol. The van der Waals surface area contributed by atoms with Crippen molar-refractivity contribution in [2.45, 2.75) is 152 Å². The fraction of sp³-hybridized carbons (Fsp3) is 0.500. The number of aromatic hydroxyl groups is 2. The van der Waals surface area contributed by atoms with E-state index in [2.05, 4.69) is 96.1 Å². The summed E-state index contributed by atoms with van der Waals surface area (Å²) >= 11 is 0. The molecule has 348 valence electrons. The van der Waals surface area contributed by atoms with E-state index in [1.807, 2.05) is 38.1 Å². The van der Waals surface area contributed by atoms with E-state index in [9.17, 15) is 10.2 Å². The highest BCUT2D eigenvalue weighted by Crippen LogP contribution is 2.42. The maximum absolute atomic E-state index is 12.0. The second-order valence-corrected chi connectivity index (χ2v) is 18.7. The molecule has 1 aliphatic rings. The van der Waals surface area contributed by atoms with Gasteiger partial charge in [0.2, 0.25) is 0 Å². The van der Waals surface area contributed by atoms with Crippen LogP contribution in [0.25, 0.3) is 39.5 Å². The molecule has 0 radical (unpaired) electrons. The standard InChI is InChI=1S/C58H77N3O4/c1-9-15-21-41(12-4)34-44-26-29-48(51-36-46(27-28-47(51)35-44)45-24-19-18-20-25-45)56-59-57(49-30-32-52(39(7)54(49)62)64-37-42(13-5)22-16-10-2)61-58(60-56)50-31-33-53(40(8)55(50)63)65-38-43(14-6)23-17-11-3/h18-20,24-25,27-33,36,41-44,62-63H,9-17,21-23,26,34-35,37-38H2,1-8H3. The maximum atomic E-state index is 12.0. The summed E-state index contributed by atoms with van der Waals surface area (Å²) in [6.07, 6.45) is 19.3. The lowest BCUT2D eigenvalue weighted by Crippen LogP contribution is -2.12. The van der Waals surface area contributed by atoms with Gasteiger partial charge in [0.05, 0.1) is 24.3 Å². The number of rotatable bonds is 24. The van der Waals surface area contributed by atoms with Gasteiger partial charge in [-0.3, -0.25) is 0 Å². The van der Waals surface area contributed by atoms with Gasteiger partial charge in [-0.15, -0.1) is 0 Å². The van der Waals surface area contributed by atoms with Gasteiger partial charge in [-0.25, -0.2) is 15.0 Å². The second kappa shape index (κ2) is 24.4. The monoisotopic (exact) mass is 880 g/mol. The lowest BCUT2D eigenvalue weighted by atomic mass is 9.84. The number of hydrogen-bond donors (Lipinski definition) is 2. The molecule has 1 aromatic heterocycles. The molecule has 65 heavy (non-hydrogen) atoms. The van der Waals surface area contributed by atoms with Gasteiger partial charge in [-0.2, -0.15) is 0 Å². The predicted octanol–water partition coefficient (Wildman–Crippen LogP) is 15.7. The van der Waals surface area contributed by atoms with Crippen molar-refractivity contribution < 1.29 is 19.7 Å². The van der Waals surface area contributed by atoms with Crippen LogP contribution in [0, 0.1) is 37.5 Å². The number of phenolic OH excluding ortho intramolecular Hbond substituents is 2. The summed E-state index contributed by atoms with van der Waals surface area (Å²) in [6, 6.07) is 25.0. The van der Waals surface area contributed by atoms with Crippen LogP contribution in [0.2, 0.25) is 0 Å². The quantitative estimate of drug-likeness (QED) is 0.0637. The number of hydrogen-bond acceptors (Lipinski definition) is 7. The Morgan fingerprint density at radius 3 is 1.58 bits per heavy atom. The first-order valence-corrected chi connectivity index (χ1v) is 25.2. The Bertz CT molecular complexity index is 2230. The molecular formula is C58H77N3O4. The van der Waals surface area contributed by atoms with E-state index >= 15 is 0 Å². The van der Waals surface area contributed by atoms with Gasteiger partial charge < -0.3 is 19.7 Å². The van der Waals surface area contributed by atoms with Gasteiger partial charge in [-0.1, -0.05) is 154 Å². The molecule has 2 N–H and O–H groups in total. The molecule has 4 aromatic carbocycles. The van der Waals surface area contributed by atoms with Crippen molar-refractivity contribution in [3.63, 3.8) is 0 Å². The molecule has 0 saturated heterocycles. The molecule has 0 fully saturated rings. The summed E-state index contributed by atoms with van der Waals surface area (Å²) in [6.45, 7) is 18.5. The fourth-order valence-electron chi connectivity index (χ4n) is 9.43. The van der Waals surface area contributed by atoms with Crippen LogP contribution in [0.3, 0.4) is 0 Å². The third kappa shape index (κ3) is 12.6. The molecule has 1 aliphatic carbocycles. The average Bonchev–Trinajstić information content (AvgIpc) is 3.51. The Kier molecular flexibility index (Phi) is 18.5. The van der Waals surface area contributed by atoms with E-state index in [0.29, 0.717) is 88.1 Å². The summed E-state index contributed by atoms with van der Waals surface area (Å²) in [5, 5.41) is 24.0. The van der Waals surface area contributed by atoms with Crippen molar-refractivity contribution in [2.24, 2.45) is 23.7 Å². The SMILES string of the molecule is CCCCC(CC)COc1ccc(-c2nc(C3=CCC(CC(CC)CCCC)Cc4ccc(-c5ccccc5)cc43)nc(-c3ccc(OCC(CC)CCCC)c(C)c3O)n2)c(O)c1C. The molecule has 5 aromatic rings. The lowest BCUT2D eigenvalue weighted by molar-refractivity contribution is 0.231. The van der Waals surface area contributed by atoms with E-state index in [1.54, 1.807) is 0 Å². The normalized spacial score (nSPS) is 15.1. The molecule has 0 bridgehead atoms. The van der Waals surface area contributed by atoms with Crippen LogP contribution < -0.4 is 9.47 Å². The summed E-state index contributed by atoms with van der Waals surface area (Å²) < 4.78 is 12.7. The number of aromatic nitrogens is 3. The van der Waals surface area contributed by atoms with E-state index in [4.69, 9.17) is 24.4 Å². The number of phenols is 2. The largest absolute Gasteiger partial charge is 0.507 e. The Morgan fingerprint density at radius 1 is 0.569 bits per heavy atom. The lowest BCUT2D eigenvalue weighted by Gasteiger charge is -2.22. The smallest absolute Gasteiger partial charge is 0.167 e. The molecule has 0 amide bonds. The first kappa shape index (κ1) is 49.3. The minimum atomic E-state index is 0.0734.